The van der Waals surface area contributed by atoms with Gasteiger partial charge >= 0.3 is 0 Å². The van der Waals surface area contributed by atoms with Crippen molar-refractivity contribution in [3.63, 3.8) is 0 Å². The van der Waals surface area contributed by atoms with E-state index in [1.807, 2.05) is 39.1 Å². The normalized spacial score (nSPS) is 11.4. The summed E-state index contributed by atoms with van der Waals surface area (Å²) in [6.07, 6.45) is 0.370. The molecule has 0 spiro atoms. The van der Waals surface area contributed by atoms with Crippen molar-refractivity contribution in [3.8, 4) is 0 Å². The molecular weight excluding hydrogens is 212 g/mol. The van der Waals surface area contributed by atoms with Crippen molar-refractivity contribution in [2.24, 2.45) is 5.73 Å². The molecule has 1 amide bonds. The Labute approximate surface area is 104 Å². The zero-order valence-electron chi connectivity index (χ0n) is 11.2. The highest BCUT2D eigenvalue weighted by Gasteiger charge is 2.19. The summed E-state index contributed by atoms with van der Waals surface area (Å²) in [5, 5.41) is 0. The first-order chi connectivity index (χ1) is 7.79. The van der Waals surface area contributed by atoms with E-state index in [0.717, 1.165) is 0 Å². The Morgan fingerprint density at radius 2 is 1.94 bits per heavy atom. The van der Waals surface area contributed by atoms with E-state index in [9.17, 15) is 4.79 Å². The van der Waals surface area contributed by atoms with Crippen molar-refractivity contribution in [3.05, 3.63) is 35.4 Å². The lowest BCUT2D eigenvalue weighted by molar-refractivity contribution is -0.131. The van der Waals surface area contributed by atoms with Gasteiger partial charge in [0.15, 0.2) is 0 Å². The van der Waals surface area contributed by atoms with Crippen LogP contribution >= 0.6 is 0 Å². The van der Waals surface area contributed by atoms with Crippen molar-refractivity contribution in [1.82, 2.24) is 4.90 Å². The average Bonchev–Trinajstić information content (AvgIpc) is 2.18. The fourth-order valence-electron chi connectivity index (χ4n) is 1.66. The number of hydrogen-bond donors (Lipinski definition) is 1. The summed E-state index contributed by atoms with van der Waals surface area (Å²) >= 11 is 0. The lowest BCUT2D eigenvalue weighted by atomic mass is 10.0. The molecule has 0 aliphatic heterocycles. The lowest BCUT2D eigenvalue weighted by Gasteiger charge is -2.23. The topological polar surface area (TPSA) is 46.3 Å². The van der Waals surface area contributed by atoms with Crippen LogP contribution in [0.25, 0.3) is 0 Å². The standard InChI is InChI=1S/C14H22N2O/c1-11-7-5-6-8-12(11)10-16(4)13(17)9-14(2,3)15/h5-8H,9-10,15H2,1-4H3. The van der Waals surface area contributed by atoms with Crippen LogP contribution in [0.15, 0.2) is 24.3 Å². The van der Waals surface area contributed by atoms with Gasteiger partial charge < -0.3 is 10.6 Å². The molecule has 3 nitrogen and oxygen atoms in total. The Hall–Kier alpha value is -1.35. The van der Waals surface area contributed by atoms with Crippen molar-refractivity contribution < 1.29 is 4.79 Å². The number of aryl methyl sites for hydroxylation is 1. The zero-order valence-corrected chi connectivity index (χ0v) is 11.2. The van der Waals surface area contributed by atoms with Gasteiger partial charge in [-0.2, -0.15) is 0 Å². The molecule has 17 heavy (non-hydrogen) atoms. The van der Waals surface area contributed by atoms with E-state index >= 15 is 0 Å². The molecule has 0 unspecified atom stereocenters. The summed E-state index contributed by atoms with van der Waals surface area (Å²) in [7, 11) is 1.82. The van der Waals surface area contributed by atoms with Gasteiger partial charge in [-0.05, 0) is 31.9 Å². The first kappa shape index (κ1) is 13.7. The Bertz CT molecular complexity index is 393. The minimum absolute atomic E-state index is 0.0840. The number of nitrogens with zero attached hydrogens (tertiary/aromatic N) is 1. The molecule has 1 aromatic rings. The molecule has 94 valence electrons. The second-order valence-electron chi connectivity index (χ2n) is 5.34. The Morgan fingerprint density at radius 3 is 2.47 bits per heavy atom. The molecule has 1 rings (SSSR count). The number of carbonyl (C=O) groups is 1. The number of carbonyl (C=O) groups excluding carboxylic acids is 1. The van der Waals surface area contributed by atoms with Crippen LogP contribution in [0.5, 0.6) is 0 Å². The number of amides is 1. The molecule has 0 fully saturated rings. The molecule has 0 heterocycles. The van der Waals surface area contributed by atoms with Crippen LogP contribution in [0.3, 0.4) is 0 Å². The summed E-state index contributed by atoms with van der Waals surface area (Å²) in [6.45, 7) is 6.43. The Balaban J connectivity index is 2.64. The molecular formula is C14H22N2O. The van der Waals surface area contributed by atoms with Crippen LogP contribution in [0.2, 0.25) is 0 Å². The molecule has 0 aliphatic rings. The highest BCUT2D eigenvalue weighted by atomic mass is 16.2. The molecule has 1 aromatic carbocycles. The predicted molar refractivity (Wildman–Crippen MR) is 70.5 cm³/mol. The van der Waals surface area contributed by atoms with Crippen molar-refractivity contribution in [2.75, 3.05) is 7.05 Å². The van der Waals surface area contributed by atoms with Crippen LogP contribution in [-0.4, -0.2) is 23.4 Å². The zero-order chi connectivity index (χ0) is 13.1. The predicted octanol–water partition coefficient (Wildman–Crippen LogP) is 2.08. The lowest BCUT2D eigenvalue weighted by Crippen LogP contribution is -2.39. The molecule has 0 saturated heterocycles. The Kier molecular flexibility index (Phi) is 4.29. The molecule has 0 aliphatic carbocycles. The van der Waals surface area contributed by atoms with E-state index in [1.54, 1.807) is 4.90 Å². The molecule has 0 radical (unpaired) electrons. The fraction of sp³-hybridized carbons (Fsp3) is 0.500. The van der Waals surface area contributed by atoms with E-state index < -0.39 is 5.54 Å². The van der Waals surface area contributed by atoms with Gasteiger partial charge in [0, 0.05) is 25.6 Å². The van der Waals surface area contributed by atoms with Crippen molar-refractivity contribution >= 4 is 5.91 Å². The minimum atomic E-state index is -0.447. The maximum atomic E-state index is 11.9. The average molecular weight is 234 g/mol. The minimum Gasteiger partial charge on any atom is -0.341 e. The smallest absolute Gasteiger partial charge is 0.224 e. The monoisotopic (exact) mass is 234 g/mol. The van der Waals surface area contributed by atoms with Crippen molar-refractivity contribution in [1.29, 1.82) is 0 Å². The van der Waals surface area contributed by atoms with E-state index in [4.69, 9.17) is 5.73 Å². The number of rotatable bonds is 4. The van der Waals surface area contributed by atoms with Gasteiger partial charge in [0.2, 0.25) is 5.91 Å². The molecule has 0 atom stereocenters. The van der Waals surface area contributed by atoms with Gasteiger partial charge in [0.1, 0.15) is 0 Å². The van der Waals surface area contributed by atoms with Crippen LogP contribution in [0.1, 0.15) is 31.4 Å². The Morgan fingerprint density at radius 1 is 1.35 bits per heavy atom. The first-order valence-corrected chi connectivity index (χ1v) is 5.87. The summed E-state index contributed by atoms with van der Waals surface area (Å²) in [5.41, 5.74) is 7.79. The SMILES string of the molecule is Cc1ccccc1CN(C)C(=O)CC(C)(C)N. The number of nitrogens with two attached hydrogens (primary N) is 1. The third kappa shape index (κ3) is 4.57. The molecule has 3 heteroatoms. The summed E-state index contributed by atoms with van der Waals surface area (Å²) in [5.74, 6) is 0.0840. The number of benzene rings is 1. The third-order valence-electron chi connectivity index (χ3n) is 2.70. The van der Waals surface area contributed by atoms with Crippen LogP contribution in [0, 0.1) is 6.92 Å². The van der Waals surface area contributed by atoms with E-state index in [0.29, 0.717) is 13.0 Å². The fourth-order valence-corrected chi connectivity index (χ4v) is 1.66. The van der Waals surface area contributed by atoms with Crippen molar-refractivity contribution in [2.45, 2.75) is 39.3 Å². The summed E-state index contributed by atoms with van der Waals surface area (Å²) < 4.78 is 0. The van der Waals surface area contributed by atoms with E-state index in [-0.39, 0.29) is 5.91 Å². The number of hydrogen-bond acceptors (Lipinski definition) is 2. The van der Waals surface area contributed by atoms with Gasteiger partial charge in [0.05, 0.1) is 0 Å². The van der Waals surface area contributed by atoms with Gasteiger partial charge in [-0.25, -0.2) is 0 Å². The molecule has 0 aromatic heterocycles. The first-order valence-electron chi connectivity index (χ1n) is 5.87. The van der Waals surface area contributed by atoms with Gasteiger partial charge in [0.25, 0.3) is 0 Å². The second-order valence-corrected chi connectivity index (χ2v) is 5.34. The van der Waals surface area contributed by atoms with Gasteiger partial charge in [-0.1, -0.05) is 24.3 Å². The molecule has 2 N–H and O–H groups in total. The van der Waals surface area contributed by atoms with Crippen LogP contribution in [0.4, 0.5) is 0 Å². The highest BCUT2D eigenvalue weighted by Crippen LogP contribution is 2.12. The quantitative estimate of drug-likeness (QED) is 0.867. The third-order valence-corrected chi connectivity index (χ3v) is 2.70. The molecule has 0 saturated carbocycles. The van der Waals surface area contributed by atoms with Gasteiger partial charge in [-0.15, -0.1) is 0 Å². The largest absolute Gasteiger partial charge is 0.341 e. The highest BCUT2D eigenvalue weighted by molar-refractivity contribution is 5.77. The van der Waals surface area contributed by atoms with Gasteiger partial charge in [-0.3, -0.25) is 4.79 Å². The van der Waals surface area contributed by atoms with E-state index in [1.165, 1.54) is 11.1 Å². The summed E-state index contributed by atoms with van der Waals surface area (Å²) in [4.78, 5) is 13.7. The second kappa shape index (κ2) is 5.32. The van der Waals surface area contributed by atoms with Crippen LogP contribution in [-0.2, 0) is 11.3 Å². The van der Waals surface area contributed by atoms with Crippen LogP contribution < -0.4 is 5.73 Å². The molecule has 0 bridgehead atoms. The maximum Gasteiger partial charge on any atom is 0.224 e. The maximum absolute atomic E-state index is 11.9. The van der Waals surface area contributed by atoms with E-state index in [2.05, 4.69) is 13.0 Å². The summed E-state index contributed by atoms with van der Waals surface area (Å²) in [6, 6.07) is 8.10.